The summed E-state index contributed by atoms with van der Waals surface area (Å²) in [6.07, 6.45) is 0.755. The van der Waals surface area contributed by atoms with Crippen LogP contribution in [-0.4, -0.2) is 36.2 Å². The number of ether oxygens (including phenoxy) is 1. The maximum Gasteiger partial charge on any atom is 0.224 e. The van der Waals surface area contributed by atoms with Crippen molar-refractivity contribution in [1.82, 2.24) is 10.6 Å². The Morgan fingerprint density at radius 2 is 1.82 bits per heavy atom. The highest BCUT2D eigenvalue weighted by Gasteiger charge is 2.09. The lowest BCUT2D eigenvalue weighted by Crippen LogP contribution is -2.39. The van der Waals surface area contributed by atoms with Gasteiger partial charge in [0, 0.05) is 25.2 Å². The molecular weight excluding hydrogens is 531 g/mol. The van der Waals surface area contributed by atoms with Crippen LogP contribution in [0.5, 0.6) is 5.75 Å². The molecule has 2 aromatic carbocycles. The summed E-state index contributed by atoms with van der Waals surface area (Å²) in [6.45, 7) is 9.40. The third-order valence-electron chi connectivity index (χ3n) is 4.55. The Bertz CT molecular complexity index is 872. The Labute approximate surface area is 214 Å². The van der Waals surface area contributed by atoms with Gasteiger partial charge in [-0.1, -0.05) is 31.2 Å². The monoisotopic (exact) mass is 568 g/mol. The molecule has 2 aromatic rings. The number of benzene rings is 2. The second kappa shape index (κ2) is 15.5. The quantitative estimate of drug-likeness (QED) is 0.180. The maximum atomic E-state index is 11.8. The standard InChI is InChI=1S/C25H36N4O3.HI/c1-5-8-24(31)29-21-10-7-9-19(15-21)16-27-25(26-6-2)28-17-23(30)20-11-13-22(14-12-20)32-18(3)4;/h7,9-15,18,23,30H,5-6,8,16-17H2,1-4H3,(H,29,31)(H2,26,27,28);1H. The number of halogens is 1. The molecule has 7 nitrogen and oxygen atoms in total. The number of amides is 1. The fourth-order valence-electron chi connectivity index (χ4n) is 3.06. The molecule has 182 valence electrons. The molecule has 0 aliphatic heterocycles. The highest BCUT2D eigenvalue weighted by atomic mass is 127. The van der Waals surface area contributed by atoms with Crippen LogP contribution in [0, 0.1) is 0 Å². The van der Waals surface area contributed by atoms with Crippen molar-refractivity contribution in [3.8, 4) is 5.75 Å². The van der Waals surface area contributed by atoms with Crippen LogP contribution < -0.4 is 20.7 Å². The summed E-state index contributed by atoms with van der Waals surface area (Å²) >= 11 is 0. The number of rotatable bonds is 11. The number of anilines is 1. The number of aliphatic hydroxyl groups is 1. The highest BCUT2D eigenvalue weighted by molar-refractivity contribution is 14.0. The number of nitrogens with zero attached hydrogens (tertiary/aromatic N) is 1. The number of hydrogen-bond acceptors (Lipinski definition) is 4. The van der Waals surface area contributed by atoms with E-state index in [-0.39, 0.29) is 36.0 Å². The van der Waals surface area contributed by atoms with Gasteiger partial charge < -0.3 is 25.8 Å². The van der Waals surface area contributed by atoms with Gasteiger partial charge in [0.05, 0.1) is 18.8 Å². The third kappa shape index (κ3) is 10.9. The molecule has 0 spiro atoms. The Hall–Kier alpha value is -2.33. The molecule has 2 rings (SSSR count). The minimum atomic E-state index is -0.677. The molecule has 0 aromatic heterocycles. The first-order valence-electron chi connectivity index (χ1n) is 11.3. The van der Waals surface area contributed by atoms with E-state index >= 15 is 0 Å². The zero-order valence-corrected chi connectivity index (χ0v) is 22.3. The van der Waals surface area contributed by atoms with Crippen LogP contribution in [0.1, 0.15) is 57.8 Å². The Morgan fingerprint density at radius 1 is 1.09 bits per heavy atom. The van der Waals surface area contributed by atoms with Gasteiger partial charge in [-0.2, -0.15) is 0 Å². The van der Waals surface area contributed by atoms with Crippen molar-refractivity contribution in [2.45, 2.75) is 59.3 Å². The summed E-state index contributed by atoms with van der Waals surface area (Å²) in [5.74, 6) is 1.42. The molecule has 0 aliphatic rings. The van der Waals surface area contributed by atoms with Gasteiger partial charge in [-0.15, -0.1) is 24.0 Å². The molecule has 4 N–H and O–H groups in total. The van der Waals surface area contributed by atoms with Gasteiger partial charge in [-0.25, -0.2) is 4.99 Å². The SMILES string of the molecule is CCCC(=O)Nc1cccc(CN=C(NCC)NCC(O)c2ccc(OC(C)C)cc2)c1.I. The van der Waals surface area contributed by atoms with Crippen LogP contribution in [0.2, 0.25) is 0 Å². The Morgan fingerprint density at radius 3 is 2.45 bits per heavy atom. The molecule has 0 saturated heterocycles. The Balaban J connectivity index is 0.00000544. The molecular formula is C25H37IN4O3. The summed E-state index contributed by atoms with van der Waals surface area (Å²) in [5.41, 5.74) is 2.56. The number of nitrogens with one attached hydrogen (secondary N) is 3. The topological polar surface area (TPSA) is 95.0 Å². The van der Waals surface area contributed by atoms with Crippen LogP contribution in [0.3, 0.4) is 0 Å². The minimum absolute atomic E-state index is 0. The van der Waals surface area contributed by atoms with Crippen molar-refractivity contribution in [3.05, 3.63) is 59.7 Å². The molecule has 0 saturated carbocycles. The zero-order chi connectivity index (χ0) is 23.3. The number of carbonyl (C=O) groups excluding carboxylic acids is 1. The lowest BCUT2D eigenvalue weighted by molar-refractivity contribution is -0.116. The van der Waals surface area contributed by atoms with Crippen molar-refractivity contribution >= 4 is 41.5 Å². The van der Waals surface area contributed by atoms with Crippen LogP contribution in [-0.2, 0) is 11.3 Å². The molecule has 0 aliphatic carbocycles. The molecule has 1 amide bonds. The van der Waals surface area contributed by atoms with E-state index in [2.05, 4.69) is 20.9 Å². The molecule has 0 fully saturated rings. The first-order chi connectivity index (χ1) is 15.4. The van der Waals surface area contributed by atoms with E-state index < -0.39 is 6.10 Å². The van der Waals surface area contributed by atoms with E-state index in [9.17, 15) is 9.90 Å². The van der Waals surface area contributed by atoms with Gasteiger partial charge in [0.25, 0.3) is 0 Å². The van der Waals surface area contributed by atoms with Crippen molar-refractivity contribution < 1.29 is 14.6 Å². The summed E-state index contributed by atoms with van der Waals surface area (Å²) < 4.78 is 5.65. The predicted molar refractivity (Wildman–Crippen MR) is 145 cm³/mol. The van der Waals surface area contributed by atoms with Crippen molar-refractivity contribution in [1.29, 1.82) is 0 Å². The zero-order valence-electron chi connectivity index (χ0n) is 19.9. The summed E-state index contributed by atoms with van der Waals surface area (Å²) in [4.78, 5) is 16.4. The average Bonchev–Trinajstić information content (AvgIpc) is 2.76. The molecule has 0 bridgehead atoms. The van der Waals surface area contributed by atoms with Crippen molar-refractivity contribution in [2.24, 2.45) is 4.99 Å². The van der Waals surface area contributed by atoms with Crippen molar-refractivity contribution in [2.75, 3.05) is 18.4 Å². The largest absolute Gasteiger partial charge is 0.491 e. The van der Waals surface area contributed by atoms with Gasteiger partial charge >= 0.3 is 0 Å². The van der Waals surface area contributed by atoms with E-state index in [0.717, 1.165) is 29.0 Å². The molecule has 0 heterocycles. The van der Waals surface area contributed by atoms with E-state index in [1.807, 2.05) is 76.2 Å². The Kier molecular flexibility index (Phi) is 13.5. The molecule has 33 heavy (non-hydrogen) atoms. The normalized spacial score (nSPS) is 12.0. The third-order valence-corrected chi connectivity index (χ3v) is 4.55. The smallest absolute Gasteiger partial charge is 0.224 e. The van der Waals surface area contributed by atoms with E-state index in [4.69, 9.17) is 4.74 Å². The molecule has 0 radical (unpaired) electrons. The van der Waals surface area contributed by atoms with Crippen LogP contribution in [0.15, 0.2) is 53.5 Å². The first-order valence-corrected chi connectivity index (χ1v) is 11.3. The van der Waals surface area contributed by atoms with Crippen LogP contribution >= 0.6 is 24.0 Å². The highest BCUT2D eigenvalue weighted by Crippen LogP contribution is 2.18. The van der Waals surface area contributed by atoms with Crippen LogP contribution in [0.25, 0.3) is 0 Å². The first kappa shape index (κ1) is 28.7. The lowest BCUT2D eigenvalue weighted by atomic mass is 10.1. The summed E-state index contributed by atoms with van der Waals surface area (Å²) in [6, 6.07) is 15.1. The van der Waals surface area contributed by atoms with E-state index in [1.165, 1.54) is 0 Å². The summed E-state index contributed by atoms with van der Waals surface area (Å²) in [7, 11) is 0. The number of guanidine groups is 1. The molecule has 8 heteroatoms. The van der Waals surface area contributed by atoms with Gasteiger partial charge in [-0.3, -0.25) is 4.79 Å². The summed E-state index contributed by atoms with van der Waals surface area (Å²) in [5, 5.41) is 19.8. The minimum Gasteiger partial charge on any atom is -0.491 e. The van der Waals surface area contributed by atoms with E-state index in [1.54, 1.807) is 0 Å². The number of aliphatic hydroxyl groups excluding tert-OH is 1. The number of aliphatic imine (C=N–C) groups is 1. The van der Waals surface area contributed by atoms with Crippen molar-refractivity contribution in [3.63, 3.8) is 0 Å². The maximum absolute atomic E-state index is 11.8. The molecule has 1 unspecified atom stereocenters. The average molecular weight is 569 g/mol. The lowest BCUT2D eigenvalue weighted by Gasteiger charge is -2.16. The van der Waals surface area contributed by atoms with Crippen LogP contribution in [0.4, 0.5) is 5.69 Å². The fraction of sp³-hybridized carbons (Fsp3) is 0.440. The van der Waals surface area contributed by atoms with Gasteiger partial charge in [0.15, 0.2) is 5.96 Å². The number of carbonyl (C=O) groups is 1. The van der Waals surface area contributed by atoms with E-state index in [0.29, 0.717) is 32.0 Å². The van der Waals surface area contributed by atoms with Gasteiger partial charge in [-0.05, 0) is 62.6 Å². The predicted octanol–water partition coefficient (Wildman–Crippen LogP) is 4.62. The van der Waals surface area contributed by atoms with Gasteiger partial charge in [0.1, 0.15) is 5.75 Å². The second-order valence-corrected chi connectivity index (χ2v) is 7.83. The van der Waals surface area contributed by atoms with Gasteiger partial charge in [0.2, 0.25) is 5.91 Å². The number of hydrogen-bond donors (Lipinski definition) is 4. The second-order valence-electron chi connectivity index (χ2n) is 7.83. The fourth-order valence-corrected chi connectivity index (χ4v) is 3.06. The molecule has 1 atom stereocenters.